The monoisotopic (exact) mass is 366 g/mol. The highest BCUT2D eigenvalue weighted by Crippen LogP contribution is 2.19. The molecule has 2 aromatic rings. The van der Waals surface area contributed by atoms with Gasteiger partial charge in [-0.1, -0.05) is 30.3 Å². The molecule has 1 heterocycles. The Morgan fingerprint density at radius 1 is 1.21 bits per heavy atom. The van der Waals surface area contributed by atoms with Crippen molar-refractivity contribution in [2.75, 3.05) is 12.3 Å². The average molecular weight is 366 g/mol. The van der Waals surface area contributed by atoms with Crippen molar-refractivity contribution >= 4 is 33.1 Å². The Balaban J connectivity index is 2.10. The van der Waals surface area contributed by atoms with Crippen LogP contribution >= 0.6 is 11.3 Å². The Hall–Kier alpha value is -2.03. The maximum Gasteiger partial charge on any atom is 0.240 e. The summed E-state index contributed by atoms with van der Waals surface area (Å²) >= 11 is 1.36. The molecule has 0 bridgehead atoms. The first kappa shape index (κ1) is 18.3. The van der Waals surface area contributed by atoms with Crippen molar-refractivity contribution in [3.05, 3.63) is 57.8 Å². The van der Waals surface area contributed by atoms with Crippen LogP contribution in [0, 0.1) is 0 Å². The smallest absolute Gasteiger partial charge is 0.240 e. The number of hydrogen-bond acceptors (Lipinski definition) is 6. The summed E-state index contributed by atoms with van der Waals surface area (Å²) in [7, 11) is -3.71. The Morgan fingerprint density at radius 3 is 2.42 bits per heavy atom. The van der Waals surface area contributed by atoms with E-state index in [9.17, 15) is 18.0 Å². The lowest BCUT2D eigenvalue weighted by Gasteiger charge is -2.13. The first-order valence-corrected chi connectivity index (χ1v) is 9.80. The first-order valence-electron chi connectivity index (χ1n) is 7.26. The lowest BCUT2D eigenvalue weighted by molar-refractivity contribution is -0.120. The van der Waals surface area contributed by atoms with E-state index in [0.717, 1.165) is 0 Å². The summed E-state index contributed by atoms with van der Waals surface area (Å²) in [6.45, 7) is 1.54. The Labute approximate surface area is 144 Å². The first-order chi connectivity index (χ1) is 11.3. The molecule has 0 fully saturated rings. The zero-order valence-electron chi connectivity index (χ0n) is 13.1. The molecule has 0 saturated heterocycles. The standard InChI is InChI=1S/C16H18N2O4S2/c1-11(16(20)18-24(21,22)10-8-17)12-4-6-13(7-5-12)15(19)14-3-2-9-23-14/h2-7,9,11H,8,10,17H2,1H3,(H,18,20). The second-order valence-electron chi connectivity index (χ2n) is 5.22. The van der Waals surface area contributed by atoms with Gasteiger partial charge < -0.3 is 5.73 Å². The lowest BCUT2D eigenvalue weighted by atomic mass is 9.98. The summed E-state index contributed by atoms with van der Waals surface area (Å²) in [4.78, 5) is 24.9. The van der Waals surface area contributed by atoms with E-state index in [1.54, 1.807) is 43.3 Å². The highest BCUT2D eigenvalue weighted by atomic mass is 32.2. The highest BCUT2D eigenvalue weighted by Gasteiger charge is 2.21. The molecule has 0 saturated carbocycles. The van der Waals surface area contributed by atoms with Crippen LogP contribution in [0.4, 0.5) is 0 Å². The van der Waals surface area contributed by atoms with Crippen LogP contribution in [0.5, 0.6) is 0 Å². The van der Waals surface area contributed by atoms with Crippen molar-refractivity contribution in [2.24, 2.45) is 5.73 Å². The predicted octanol–water partition coefficient (Wildman–Crippen LogP) is 1.49. The van der Waals surface area contributed by atoms with Crippen molar-refractivity contribution < 1.29 is 18.0 Å². The molecule has 24 heavy (non-hydrogen) atoms. The molecule has 0 aliphatic rings. The number of carbonyl (C=O) groups is 2. The van der Waals surface area contributed by atoms with Crippen molar-refractivity contribution in [2.45, 2.75) is 12.8 Å². The summed E-state index contributed by atoms with van der Waals surface area (Å²) in [5, 5.41) is 1.83. The average Bonchev–Trinajstić information content (AvgIpc) is 3.07. The number of carbonyl (C=O) groups excluding carboxylic acids is 2. The fraction of sp³-hybridized carbons (Fsp3) is 0.250. The van der Waals surface area contributed by atoms with Gasteiger partial charge in [0.1, 0.15) is 0 Å². The molecular weight excluding hydrogens is 348 g/mol. The molecule has 8 heteroatoms. The molecule has 0 spiro atoms. The predicted molar refractivity (Wildman–Crippen MR) is 93.6 cm³/mol. The number of thiophene rings is 1. The molecule has 128 valence electrons. The van der Waals surface area contributed by atoms with Crippen molar-refractivity contribution in [1.29, 1.82) is 0 Å². The van der Waals surface area contributed by atoms with Crippen LogP contribution in [-0.4, -0.2) is 32.4 Å². The molecule has 1 aromatic heterocycles. The molecular formula is C16H18N2O4S2. The third-order valence-electron chi connectivity index (χ3n) is 3.45. The maximum absolute atomic E-state index is 12.2. The van der Waals surface area contributed by atoms with E-state index >= 15 is 0 Å². The molecule has 1 unspecified atom stereocenters. The minimum absolute atomic E-state index is 0.0590. The number of hydrogen-bond donors (Lipinski definition) is 2. The van der Waals surface area contributed by atoms with Gasteiger partial charge in [-0.2, -0.15) is 0 Å². The minimum Gasteiger partial charge on any atom is -0.329 e. The van der Waals surface area contributed by atoms with E-state index in [-0.39, 0.29) is 18.1 Å². The largest absolute Gasteiger partial charge is 0.329 e. The minimum atomic E-state index is -3.71. The Kier molecular flexibility index (Phi) is 5.87. The van der Waals surface area contributed by atoms with Gasteiger partial charge in [-0.3, -0.25) is 14.3 Å². The second-order valence-corrected chi connectivity index (χ2v) is 8.01. The number of nitrogens with two attached hydrogens (primary N) is 1. The zero-order chi connectivity index (χ0) is 17.7. The molecule has 0 radical (unpaired) electrons. The third kappa shape index (κ3) is 4.50. The van der Waals surface area contributed by atoms with Crippen molar-refractivity contribution in [3.63, 3.8) is 0 Å². The summed E-state index contributed by atoms with van der Waals surface area (Å²) in [6, 6.07) is 10.1. The van der Waals surface area contributed by atoms with Gasteiger partial charge in [0.15, 0.2) is 0 Å². The lowest BCUT2D eigenvalue weighted by Crippen LogP contribution is -2.37. The number of amides is 1. The number of nitrogens with one attached hydrogen (secondary N) is 1. The van der Waals surface area contributed by atoms with E-state index in [0.29, 0.717) is 16.0 Å². The van der Waals surface area contributed by atoms with Gasteiger partial charge in [-0.05, 0) is 23.9 Å². The normalized spacial score (nSPS) is 12.6. The van der Waals surface area contributed by atoms with Gasteiger partial charge in [0.05, 0.1) is 16.5 Å². The highest BCUT2D eigenvalue weighted by molar-refractivity contribution is 7.90. The fourth-order valence-corrected chi connectivity index (χ4v) is 3.65. The molecule has 3 N–H and O–H groups in total. The van der Waals surface area contributed by atoms with Crippen LogP contribution < -0.4 is 10.5 Å². The van der Waals surface area contributed by atoms with Crippen molar-refractivity contribution in [3.8, 4) is 0 Å². The molecule has 0 aliphatic heterocycles. The van der Waals surface area contributed by atoms with Gasteiger partial charge in [0, 0.05) is 12.1 Å². The van der Waals surface area contributed by atoms with Crippen LogP contribution in [0.3, 0.4) is 0 Å². The van der Waals surface area contributed by atoms with E-state index in [1.807, 2.05) is 10.1 Å². The van der Waals surface area contributed by atoms with Gasteiger partial charge in [0.25, 0.3) is 0 Å². The molecule has 1 aromatic carbocycles. The summed E-state index contributed by atoms with van der Waals surface area (Å²) in [6.07, 6.45) is 0. The third-order valence-corrected chi connectivity index (χ3v) is 5.61. The van der Waals surface area contributed by atoms with Crippen LogP contribution in [-0.2, 0) is 14.8 Å². The van der Waals surface area contributed by atoms with E-state index in [2.05, 4.69) is 0 Å². The van der Waals surface area contributed by atoms with Crippen LogP contribution in [0.15, 0.2) is 41.8 Å². The molecule has 6 nitrogen and oxygen atoms in total. The van der Waals surface area contributed by atoms with Gasteiger partial charge in [-0.25, -0.2) is 8.42 Å². The quantitative estimate of drug-likeness (QED) is 0.722. The number of sulfonamides is 1. The molecule has 2 rings (SSSR count). The van der Waals surface area contributed by atoms with Crippen LogP contribution in [0.2, 0.25) is 0 Å². The molecule has 0 aliphatic carbocycles. The Bertz CT molecular complexity index is 812. The zero-order valence-corrected chi connectivity index (χ0v) is 14.7. The van der Waals surface area contributed by atoms with E-state index in [4.69, 9.17) is 5.73 Å². The number of rotatable bonds is 7. The summed E-state index contributed by atoms with van der Waals surface area (Å²) in [5.41, 5.74) is 6.34. The molecule has 1 atom stereocenters. The van der Waals surface area contributed by atoms with Gasteiger partial charge in [0.2, 0.25) is 21.7 Å². The maximum atomic E-state index is 12.2. The van der Waals surface area contributed by atoms with E-state index < -0.39 is 21.8 Å². The van der Waals surface area contributed by atoms with Gasteiger partial charge >= 0.3 is 0 Å². The number of benzene rings is 1. The van der Waals surface area contributed by atoms with Crippen LogP contribution in [0.1, 0.15) is 33.6 Å². The summed E-state index contributed by atoms with van der Waals surface area (Å²) in [5.74, 6) is -1.68. The van der Waals surface area contributed by atoms with Gasteiger partial charge in [-0.15, -0.1) is 11.3 Å². The second kappa shape index (κ2) is 7.69. The molecule has 1 amide bonds. The van der Waals surface area contributed by atoms with E-state index in [1.165, 1.54) is 11.3 Å². The SMILES string of the molecule is CC(C(=O)NS(=O)(=O)CCN)c1ccc(C(=O)c2cccs2)cc1. The fourth-order valence-electron chi connectivity index (χ4n) is 2.07. The van der Waals surface area contributed by atoms with Crippen molar-refractivity contribution in [1.82, 2.24) is 4.72 Å². The topological polar surface area (TPSA) is 106 Å². The van der Waals surface area contributed by atoms with Crippen LogP contribution in [0.25, 0.3) is 0 Å². The summed E-state index contributed by atoms with van der Waals surface area (Å²) < 4.78 is 25.2. The number of ketones is 1. The Morgan fingerprint density at radius 2 is 1.88 bits per heavy atom.